The van der Waals surface area contributed by atoms with Crippen LogP contribution in [0.4, 0.5) is 4.79 Å². The van der Waals surface area contributed by atoms with E-state index in [4.69, 9.17) is 4.74 Å². The van der Waals surface area contributed by atoms with Crippen LogP contribution in [0.2, 0.25) is 0 Å². The molecule has 1 heterocycles. The van der Waals surface area contributed by atoms with Crippen molar-refractivity contribution in [1.29, 1.82) is 0 Å². The second kappa shape index (κ2) is 7.47. The maximum Gasteiger partial charge on any atom is 0.407 e. The highest BCUT2D eigenvalue weighted by molar-refractivity contribution is 9.10. The lowest BCUT2D eigenvalue weighted by atomic mass is 10.0. The molecule has 1 saturated heterocycles. The zero-order valence-corrected chi connectivity index (χ0v) is 15.1. The Kier molecular flexibility index (Phi) is 5.87. The van der Waals surface area contributed by atoms with Gasteiger partial charge in [0.1, 0.15) is 5.60 Å². The van der Waals surface area contributed by atoms with E-state index in [1.54, 1.807) is 0 Å². The van der Waals surface area contributed by atoms with Gasteiger partial charge < -0.3 is 10.1 Å². The molecule has 1 N–H and O–H groups in total. The molecule has 0 bridgehead atoms. The lowest BCUT2D eigenvalue weighted by Crippen LogP contribution is -2.45. The van der Waals surface area contributed by atoms with Crippen molar-refractivity contribution < 1.29 is 9.53 Å². The molecular weight excluding hydrogens is 344 g/mol. The Labute approximate surface area is 141 Å². The normalized spacial score (nSPS) is 17.3. The van der Waals surface area contributed by atoms with Crippen LogP contribution in [0.15, 0.2) is 28.7 Å². The van der Waals surface area contributed by atoms with Gasteiger partial charge in [-0.05, 0) is 51.3 Å². The van der Waals surface area contributed by atoms with E-state index in [1.165, 1.54) is 5.56 Å². The number of benzene rings is 1. The van der Waals surface area contributed by atoms with Crippen molar-refractivity contribution in [1.82, 2.24) is 10.2 Å². The first-order valence-corrected chi connectivity index (χ1v) is 8.57. The molecule has 0 saturated carbocycles. The summed E-state index contributed by atoms with van der Waals surface area (Å²) in [5.41, 5.74) is 0.874. The quantitative estimate of drug-likeness (QED) is 0.878. The summed E-state index contributed by atoms with van der Waals surface area (Å²) in [6.45, 7) is 8.59. The summed E-state index contributed by atoms with van der Waals surface area (Å²) in [5.74, 6) is 0. The summed E-state index contributed by atoms with van der Waals surface area (Å²) in [6.07, 6.45) is 1.62. The number of piperidine rings is 1. The molecule has 2 rings (SSSR count). The van der Waals surface area contributed by atoms with Crippen molar-refractivity contribution in [2.24, 2.45) is 0 Å². The fraction of sp³-hybridized carbons (Fsp3) is 0.588. The Morgan fingerprint density at radius 2 is 2.05 bits per heavy atom. The molecular formula is C17H25BrN2O2. The fourth-order valence-corrected chi connectivity index (χ4v) is 3.05. The molecule has 0 unspecified atom stereocenters. The number of nitrogens with zero attached hydrogens (tertiary/aromatic N) is 1. The maximum atomic E-state index is 11.8. The van der Waals surface area contributed by atoms with Gasteiger partial charge in [0.15, 0.2) is 0 Å². The number of likely N-dealkylation sites (tertiary alicyclic amines) is 1. The average Bonchev–Trinajstić information content (AvgIpc) is 2.39. The van der Waals surface area contributed by atoms with E-state index in [9.17, 15) is 4.79 Å². The van der Waals surface area contributed by atoms with E-state index in [0.29, 0.717) is 0 Å². The molecule has 1 aliphatic heterocycles. The lowest BCUT2D eigenvalue weighted by molar-refractivity contribution is 0.0477. The van der Waals surface area contributed by atoms with Gasteiger partial charge in [0.25, 0.3) is 0 Å². The topological polar surface area (TPSA) is 41.6 Å². The Morgan fingerprint density at radius 3 is 2.64 bits per heavy atom. The summed E-state index contributed by atoms with van der Waals surface area (Å²) < 4.78 is 6.42. The van der Waals surface area contributed by atoms with Crippen LogP contribution in [0.1, 0.15) is 39.2 Å². The van der Waals surface area contributed by atoms with Crippen LogP contribution < -0.4 is 5.32 Å². The zero-order valence-electron chi connectivity index (χ0n) is 13.6. The van der Waals surface area contributed by atoms with Crippen LogP contribution in [0.25, 0.3) is 0 Å². The van der Waals surface area contributed by atoms with Crippen molar-refractivity contribution >= 4 is 22.0 Å². The predicted octanol–water partition coefficient (Wildman–Crippen LogP) is 3.94. The molecule has 0 atom stereocenters. The van der Waals surface area contributed by atoms with Gasteiger partial charge in [-0.2, -0.15) is 0 Å². The standard InChI is InChI=1S/C17H25BrN2O2/c1-17(2,3)22-16(21)19-15-7-9-20(10-8-15)12-13-5-4-6-14(18)11-13/h4-6,11,15H,7-10,12H2,1-3H3,(H,19,21). The monoisotopic (exact) mass is 368 g/mol. The maximum absolute atomic E-state index is 11.8. The number of nitrogens with one attached hydrogen (secondary N) is 1. The van der Waals surface area contributed by atoms with E-state index >= 15 is 0 Å². The minimum Gasteiger partial charge on any atom is -0.444 e. The Morgan fingerprint density at radius 1 is 1.36 bits per heavy atom. The highest BCUT2D eigenvalue weighted by Gasteiger charge is 2.23. The second-order valence-electron chi connectivity index (χ2n) is 6.83. The van der Waals surface area contributed by atoms with Crippen LogP contribution >= 0.6 is 15.9 Å². The number of hydrogen-bond donors (Lipinski definition) is 1. The van der Waals surface area contributed by atoms with Crippen molar-refractivity contribution in [2.75, 3.05) is 13.1 Å². The Balaban J connectivity index is 1.75. The SMILES string of the molecule is CC(C)(C)OC(=O)NC1CCN(Cc2cccc(Br)c2)CC1. The molecule has 5 heteroatoms. The summed E-state index contributed by atoms with van der Waals surface area (Å²) in [4.78, 5) is 14.2. The highest BCUT2D eigenvalue weighted by atomic mass is 79.9. The largest absolute Gasteiger partial charge is 0.444 e. The van der Waals surface area contributed by atoms with Crippen LogP contribution in [0, 0.1) is 0 Å². The van der Waals surface area contributed by atoms with E-state index in [0.717, 1.165) is 36.9 Å². The fourth-order valence-electron chi connectivity index (χ4n) is 2.60. The van der Waals surface area contributed by atoms with E-state index in [2.05, 4.69) is 44.3 Å². The number of alkyl carbamates (subject to hydrolysis) is 1. The molecule has 1 amide bonds. The molecule has 0 aliphatic carbocycles. The van der Waals surface area contributed by atoms with Gasteiger partial charge in [0, 0.05) is 30.1 Å². The number of halogens is 1. The first-order valence-electron chi connectivity index (χ1n) is 7.78. The van der Waals surface area contributed by atoms with Crippen molar-refractivity contribution in [3.8, 4) is 0 Å². The molecule has 1 aromatic rings. The van der Waals surface area contributed by atoms with Gasteiger partial charge in [0.2, 0.25) is 0 Å². The van der Waals surface area contributed by atoms with Crippen LogP contribution in [-0.4, -0.2) is 35.7 Å². The van der Waals surface area contributed by atoms with Crippen LogP contribution in [0.5, 0.6) is 0 Å². The van der Waals surface area contributed by atoms with Gasteiger partial charge in [-0.15, -0.1) is 0 Å². The third-order valence-corrected chi connectivity index (χ3v) is 4.10. The third kappa shape index (κ3) is 5.97. The van der Waals surface area contributed by atoms with Crippen molar-refractivity contribution in [2.45, 2.75) is 51.8 Å². The molecule has 122 valence electrons. The van der Waals surface area contributed by atoms with Gasteiger partial charge in [-0.1, -0.05) is 28.1 Å². The van der Waals surface area contributed by atoms with E-state index in [1.807, 2.05) is 26.8 Å². The summed E-state index contributed by atoms with van der Waals surface area (Å²) in [7, 11) is 0. The second-order valence-corrected chi connectivity index (χ2v) is 7.74. The van der Waals surface area contributed by atoms with E-state index in [-0.39, 0.29) is 12.1 Å². The summed E-state index contributed by atoms with van der Waals surface area (Å²) in [6, 6.07) is 8.63. The smallest absolute Gasteiger partial charge is 0.407 e. The van der Waals surface area contributed by atoms with Gasteiger partial charge in [-0.25, -0.2) is 4.79 Å². The first-order chi connectivity index (χ1) is 10.3. The van der Waals surface area contributed by atoms with E-state index < -0.39 is 5.60 Å². The molecule has 4 nitrogen and oxygen atoms in total. The number of hydrogen-bond acceptors (Lipinski definition) is 3. The van der Waals surface area contributed by atoms with Gasteiger partial charge >= 0.3 is 6.09 Å². The van der Waals surface area contributed by atoms with Crippen molar-refractivity contribution in [3.05, 3.63) is 34.3 Å². The molecule has 1 aliphatic rings. The minimum absolute atomic E-state index is 0.216. The lowest BCUT2D eigenvalue weighted by Gasteiger charge is -2.32. The van der Waals surface area contributed by atoms with Gasteiger partial charge in [-0.3, -0.25) is 4.90 Å². The van der Waals surface area contributed by atoms with Crippen LogP contribution in [0.3, 0.4) is 0 Å². The molecule has 0 aromatic heterocycles. The molecule has 0 spiro atoms. The summed E-state index contributed by atoms with van der Waals surface area (Å²) >= 11 is 3.51. The Bertz CT molecular complexity index is 506. The summed E-state index contributed by atoms with van der Waals surface area (Å²) in [5, 5.41) is 2.97. The predicted molar refractivity (Wildman–Crippen MR) is 91.8 cm³/mol. The zero-order chi connectivity index (χ0) is 16.2. The number of carbonyl (C=O) groups is 1. The number of carbonyl (C=O) groups excluding carboxylic acids is 1. The molecule has 22 heavy (non-hydrogen) atoms. The van der Waals surface area contributed by atoms with Crippen LogP contribution in [-0.2, 0) is 11.3 Å². The molecule has 1 aromatic carbocycles. The average molecular weight is 369 g/mol. The molecule has 0 radical (unpaired) electrons. The molecule has 1 fully saturated rings. The Hall–Kier alpha value is -1.07. The number of rotatable bonds is 3. The number of ether oxygens (including phenoxy) is 1. The number of amides is 1. The minimum atomic E-state index is -0.439. The highest BCUT2D eigenvalue weighted by Crippen LogP contribution is 2.17. The third-order valence-electron chi connectivity index (χ3n) is 3.60. The first kappa shape index (κ1) is 17.3. The van der Waals surface area contributed by atoms with Crippen molar-refractivity contribution in [3.63, 3.8) is 0 Å². The van der Waals surface area contributed by atoms with Gasteiger partial charge in [0.05, 0.1) is 0 Å².